The van der Waals surface area contributed by atoms with E-state index in [9.17, 15) is 8.42 Å². The molecule has 0 amide bonds. The van der Waals surface area contributed by atoms with Gasteiger partial charge >= 0.3 is 0 Å². The number of halogens is 1. The molecule has 0 spiro atoms. The molecule has 0 aliphatic heterocycles. The van der Waals surface area contributed by atoms with E-state index in [1.54, 1.807) is 6.07 Å². The van der Waals surface area contributed by atoms with Gasteiger partial charge in [0.05, 0.1) is 11.4 Å². The van der Waals surface area contributed by atoms with Crippen molar-refractivity contribution in [1.82, 2.24) is 0 Å². The SMILES string of the molecule is Cc1cc(N(C)S(=O)(=O)CCN)ccc1Br. The molecule has 4 nitrogen and oxygen atoms in total. The van der Waals surface area contributed by atoms with Crippen LogP contribution in [0.5, 0.6) is 0 Å². The Hall–Kier alpha value is -0.590. The number of hydrogen-bond acceptors (Lipinski definition) is 3. The Morgan fingerprint density at radius 2 is 2.06 bits per heavy atom. The van der Waals surface area contributed by atoms with Gasteiger partial charge in [-0.25, -0.2) is 8.42 Å². The highest BCUT2D eigenvalue weighted by Gasteiger charge is 2.17. The van der Waals surface area contributed by atoms with Crippen LogP contribution >= 0.6 is 15.9 Å². The van der Waals surface area contributed by atoms with Crippen molar-refractivity contribution < 1.29 is 8.42 Å². The van der Waals surface area contributed by atoms with Crippen LogP contribution in [0.15, 0.2) is 22.7 Å². The molecule has 0 saturated carbocycles. The molecule has 6 heteroatoms. The van der Waals surface area contributed by atoms with E-state index in [1.165, 1.54) is 11.4 Å². The first-order valence-corrected chi connectivity index (χ1v) is 7.21. The molecule has 2 N–H and O–H groups in total. The van der Waals surface area contributed by atoms with Crippen LogP contribution in [0.25, 0.3) is 0 Å². The third kappa shape index (κ3) is 2.96. The Labute approximate surface area is 105 Å². The number of rotatable bonds is 4. The second-order valence-electron chi connectivity index (χ2n) is 3.51. The van der Waals surface area contributed by atoms with Gasteiger partial charge in [0.2, 0.25) is 10.0 Å². The quantitative estimate of drug-likeness (QED) is 0.916. The highest BCUT2D eigenvalue weighted by molar-refractivity contribution is 9.10. The zero-order chi connectivity index (χ0) is 12.3. The third-order valence-electron chi connectivity index (χ3n) is 2.30. The molecule has 1 aromatic carbocycles. The standard InChI is InChI=1S/C10H15BrN2O2S/c1-8-7-9(3-4-10(8)11)13(2)16(14,15)6-5-12/h3-4,7H,5-6,12H2,1-2H3. The normalized spacial score (nSPS) is 11.5. The average molecular weight is 307 g/mol. The largest absolute Gasteiger partial charge is 0.329 e. The van der Waals surface area contributed by atoms with Crippen LogP contribution in [-0.4, -0.2) is 27.8 Å². The highest BCUT2D eigenvalue weighted by atomic mass is 79.9. The smallest absolute Gasteiger partial charge is 0.236 e. The summed E-state index contributed by atoms with van der Waals surface area (Å²) in [4.78, 5) is 0. The molecule has 0 aliphatic rings. The maximum atomic E-state index is 11.8. The number of hydrogen-bond donors (Lipinski definition) is 1. The van der Waals surface area contributed by atoms with Gasteiger partial charge in [-0.1, -0.05) is 15.9 Å². The second-order valence-corrected chi connectivity index (χ2v) is 6.48. The fourth-order valence-electron chi connectivity index (χ4n) is 1.27. The van der Waals surface area contributed by atoms with Gasteiger partial charge in [0.15, 0.2) is 0 Å². The van der Waals surface area contributed by atoms with Crippen molar-refractivity contribution in [3.8, 4) is 0 Å². The van der Waals surface area contributed by atoms with Crippen LogP contribution in [0, 0.1) is 6.92 Å². The molecule has 0 radical (unpaired) electrons. The van der Waals surface area contributed by atoms with Crippen molar-refractivity contribution in [3.63, 3.8) is 0 Å². The molecule has 0 fully saturated rings. The van der Waals surface area contributed by atoms with Gasteiger partial charge in [-0.3, -0.25) is 4.31 Å². The van der Waals surface area contributed by atoms with Crippen LogP contribution in [0.4, 0.5) is 5.69 Å². The molecule has 0 aliphatic carbocycles. The number of nitrogens with zero attached hydrogens (tertiary/aromatic N) is 1. The summed E-state index contributed by atoms with van der Waals surface area (Å²) in [6.45, 7) is 2.04. The van der Waals surface area contributed by atoms with Crippen LogP contribution in [0.2, 0.25) is 0 Å². The average Bonchev–Trinajstić information content (AvgIpc) is 2.21. The predicted octanol–water partition coefficient (Wildman–Crippen LogP) is 1.48. The molecule has 0 heterocycles. The first-order chi connectivity index (χ1) is 7.38. The fraction of sp³-hybridized carbons (Fsp3) is 0.400. The number of benzene rings is 1. The Morgan fingerprint density at radius 3 is 2.56 bits per heavy atom. The first kappa shape index (κ1) is 13.5. The van der Waals surface area contributed by atoms with E-state index >= 15 is 0 Å². The fourth-order valence-corrected chi connectivity index (χ4v) is 2.52. The van der Waals surface area contributed by atoms with E-state index in [4.69, 9.17) is 5.73 Å². The maximum Gasteiger partial charge on any atom is 0.236 e. The zero-order valence-corrected chi connectivity index (χ0v) is 11.7. The number of anilines is 1. The molecule has 0 unspecified atom stereocenters. The lowest BCUT2D eigenvalue weighted by atomic mass is 10.2. The lowest BCUT2D eigenvalue weighted by Gasteiger charge is -2.19. The molecule has 90 valence electrons. The monoisotopic (exact) mass is 306 g/mol. The van der Waals surface area contributed by atoms with Crippen molar-refractivity contribution >= 4 is 31.6 Å². The summed E-state index contributed by atoms with van der Waals surface area (Å²) in [7, 11) is -1.76. The molecule has 16 heavy (non-hydrogen) atoms. The van der Waals surface area contributed by atoms with Crippen LogP contribution < -0.4 is 10.0 Å². The minimum Gasteiger partial charge on any atom is -0.329 e. The third-order valence-corrected chi connectivity index (χ3v) is 4.98. The van der Waals surface area contributed by atoms with Gasteiger partial charge in [0.1, 0.15) is 0 Å². The lowest BCUT2D eigenvalue weighted by Crippen LogP contribution is -2.31. The molecule has 0 aromatic heterocycles. The van der Waals surface area contributed by atoms with Crippen molar-refractivity contribution in [2.24, 2.45) is 5.73 Å². The summed E-state index contributed by atoms with van der Waals surface area (Å²) in [5, 5.41) is 0. The number of aryl methyl sites for hydroxylation is 1. The van der Waals surface area contributed by atoms with Gasteiger partial charge in [0, 0.05) is 18.1 Å². The highest BCUT2D eigenvalue weighted by Crippen LogP contribution is 2.23. The molecule has 1 rings (SSSR count). The van der Waals surface area contributed by atoms with E-state index in [0.717, 1.165) is 10.0 Å². The first-order valence-electron chi connectivity index (χ1n) is 4.81. The topological polar surface area (TPSA) is 63.4 Å². The predicted molar refractivity (Wildman–Crippen MR) is 70.1 cm³/mol. The number of nitrogens with two attached hydrogens (primary N) is 1. The maximum absolute atomic E-state index is 11.8. The van der Waals surface area contributed by atoms with Gasteiger partial charge in [-0.15, -0.1) is 0 Å². The minimum atomic E-state index is -3.30. The van der Waals surface area contributed by atoms with E-state index in [0.29, 0.717) is 5.69 Å². The molecule has 1 aromatic rings. The summed E-state index contributed by atoms with van der Waals surface area (Å²) in [6, 6.07) is 5.41. The molecular weight excluding hydrogens is 292 g/mol. The van der Waals surface area contributed by atoms with Crippen molar-refractivity contribution in [1.29, 1.82) is 0 Å². The van der Waals surface area contributed by atoms with Gasteiger partial charge < -0.3 is 5.73 Å². The number of sulfonamides is 1. The summed E-state index contributed by atoms with van der Waals surface area (Å²) in [5.41, 5.74) is 6.91. The Bertz CT molecular complexity index is 474. The van der Waals surface area contributed by atoms with Gasteiger partial charge in [-0.2, -0.15) is 0 Å². The Morgan fingerprint density at radius 1 is 1.44 bits per heavy atom. The Balaban J connectivity index is 3.05. The van der Waals surface area contributed by atoms with Crippen molar-refractivity contribution in [2.45, 2.75) is 6.92 Å². The van der Waals surface area contributed by atoms with Crippen LogP contribution in [0.3, 0.4) is 0 Å². The second kappa shape index (κ2) is 5.16. The van der Waals surface area contributed by atoms with E-state index < -0.39 is 10.0 Å². The Kier molecular flexibility index (Phi) is 4.35. The van der Waals surface area contributed by atoms with Crippen molar-refractivity contribution in [2.75, 3.05) is 23.7 Å². The molecular formula is C10H15BrN2O2S. The van der Waals surface area contributed by atoms with Gasteiger partial charge in [-0.05, 0) is 30.7 Å². The minimum absolute atomic E-state index is 0.0430. The molecule has 0 atom stereocenters. The summed E-state index contributed by atoms with van der Waals surface area (Å²) < 4.78 is 25.7. The van der Waals surface area contributed by atoms with Gasteiger partial charge in [0.25, 0.3) is 0 Å². The van der Waals surface area contributed by atoms with E-state index in [1.807, 2.05) is 19.1 Å². The molecule has 0 saturated heterocycles. The van der Waals surface area contributed by atoms with Crippen LogP contribution in [-0.2, 0) is 10.0 Å². The van der Waals surface area contributed by atoms with E-state index in [2.05, 4.69) is 15.9 Å². The zero-order valence-electron chi connectivity index (χ0n) is 9.27. The lowest BCUT2D eigenvalue weighted by molar-refractivity contribution is 0.594. The van der Waals surface area contributed by atoms with Crippen LogP contribution in [0.1, 0.15) is 5.56 Å². The summed E-state index contributed by atoms with van der Waals surface area (Å²) >= 11 is 3.37. The van der Waals surface area contributed by atoms with Crippen molar-refractivity contribution in [3.05, 3.63) is 28.2 Å². The summed E-state index contributed by atoms with van der Waals surface area (Å²) in [5.74, 6) is -0.0430. The van der Waals surface area contributed by atoms with E-state index in [-0.39, 0.29) is 12.3 Å². The molecule has 0 bridgehead atoms. The summed E-state index contributed by atoms with van der Waals surface area (Å²) in [6.07, 6.45) is 0.